The summed E-state index contributed by atoms with van der Waals surface area (Å²) in [6.45, 7) is 2.79. The maximum Gasteiger partial charge on any atom is 0.220 e. The highest BCUT2D eigenvalue weighted by Gasteiger charge is 2.22. The Balaban J connectivity index is 1.66. The second-order valence-electron chi connectivity index (χ2n) is 5.89. The summed E-state index contributed by atoms with van der Waals surface area (Å²) in [5, 5.41) is 0. The first kappa shape index (κ1) is 14.7. The number of primary amides is 1. The second-order valence-corrected chi connectivity index (χ2v) is 5.89. The van der Waals surface area contributed by atoms with E-state index in [2.05, 4.69) is 40.2 Å². The van der Waals surface area contributed by atoms with E-state index < -0.39 is 0 Å². The van der Waals surface area contributed by atoms with E-state index >= 15 is 0 Å². The van der Waals surface area contributed by atoms with E-state index in [1.165, 1.54) is 11.1 Å². The molecule has 1 aliphatic rings. The molecule has 0 saturated carbocycles. The molecular formula is C18H21N3O. The number of hydrogen-bond acceptors (Lipinski definition) is 3. The van der Waals surface area contributed by atoms with E-state index in [0.717, 1.165) is 38.0 Å². The number of piperidine rings is 1. The first-order valence-corrected chi connectivity index (χ1v) is 7.73. The fourth-order valence-electron chi connectivity index (χ4n) is 3.02. The number of nitrogens with zero attached hydrogens (tertiary/aromatic N) is 2. The van der Waals surface area contributed by atoms with E-state index in [0.29, 0.717) is 0 Å². The van der Waals surface area contributed by atoms with Crippen molar-refractivity contribution < 1.29 is 4.79 Å². The summed E-state index contributed by atoms with van der Waals surface area (Å²) in [4.78, 5) is 17.8. The minimum atomic E-state index is -0.154. The summed E-state index contributed by atoms with van der Waals surface area (Å²) in [6.07, 6.45) is 5.42. The summed E-state index contributed by atoms with van der Waals surface area (Å²) in [7, 11) is 0. The Bertz CT molecular complexity index is 634. The smallest absolute Gasteiger partial charge is 0.220 e. The molecule has 22 heavy (non-hydrogen) atoms. The lowest BCUT2D eigenvalue weighted by Gasteiger charge is -2.30. The van der Waals surface area contributed by atoms with Crippen molar-refractivity contribution in [3.63, 3.8) is 0 Å². The number of pyridine rings is 1. The summed E-state index contributed by atoms with van der Waals surface area (Å²) in [5.41, 5.74) is 9.00. The zero-order valence-corrected chi connectivity index (χ0v) is 12.6. The lowest BCUT2D eigenvalue weighted by atomic mass is 9.96. The van der Waals surface area contributed by atoms with Gasteiger partial charge in [-0.1, -0.05) is 24.3 Å². The summed E-state index contributed by atoms with van der Waals surface area (Å²) >= 11 is 0. The second kappa shape index (κ2) is 6.71. The molecular weight excluding hydrogens is 274 g/mol. The van der Waals surface area contributed by atoms with Gasteiger partial charge in [-0.15, -0.1) is 0 Å². The Hall–Kier alpha value is -2.20. The lowest BCUT2D eigenvalue weighted by Crippen LogP contribution is -2.38. The summed E-state index contributed by atoms with van der Waals surface area (Å²) < 4.78 is 0. The molecule has 0 aliphatic carbocycles. The Labute approximate surface area is 131 Å². The molecule has 1 aliphatic heterocycles. The zero-order valence-electron chi connectivity index (χ0n) is 12.6. The number of rotatable bonds is 4. The van der Waals surface area contributed by atoms with Crippen molar-refractivity contribution in [1.29, 1.82) is 0 Å². The van der Waals surface area contributed by atoms with Crippen LogP contribution in [0.25, 0.3) is 11.1 Å². The van der Waals surface area contributed by atoms with Crippen LogP contribution in [0.1, 0.15) is 18.4 Å². The fourth-order valence-corrected chi connectivity index (χ4v) is 3.02. The molecule has 1 aromatic carbocycles. The molecule has 4 heteroatoms. The molecule has 0 unspecified atom stereocenters. The summed E-state index contributed by atoms with van der Waals surface area (Å²) in [6, 6.07) is 12.6. The Morgan fingerprint density at radius 1 is 1.18 bits per heavy atom. The Morgan fingerprint density at radius 3 is 2.64 bits per heavy atom. The standard InChI is InChI=1S/C18H21N3O/c19-18(22)15-6-9-21(10-7-15)13-14-3-1-4-16(11-14)17-5-2-8-20-12-17/h1-5,8,11-12,15H,6-7,9-10,13H2,(H2,19,22). The molecule has 1 amide bonds. The molecule has 0 bridgehead atoms. The third kappa shape index (κ3) is 3.52. The minimum absolute atomic E-state index is 0.0537. The first-order valence-electron chi connectivity index (χ1n) is 7.73. The van der Waals surface area contributed by atoms with Crippen LogP contribution in [0.4, 0.5) is 0 Å². The molecule has 0 atom stereocenters. The fraction of sp³-hybridized carbons (Fsp3) is 0.333. The van der Waals surface area contributed by atoms with Crippen molar-refractivity contribution in [2.75, 3.05) is 13.1 Å². The normalized spacial score (nSPS) is 16.5. The van der Waals surface area contributed by atoms with Crippen LogP contribution in [0.2, 0.25) is 0 Å². The van der Waals surface area contributed by atoms with Crippen molar-refractivity contribution in [3.05, 3.63) is 54.4 Å². The average Bonchev–Trinajstić information content (AvgIpc) is 2.56. The molecule has 0 radical (unpaired) electrons. The third-order valence-electron chi connectivity index (χ3n) is 4.32. The molecule has 114 valence electrons. The van der Waals surface area contributed by atoms with Gasteiger partial charge in [-0.25, -0.2) is 0 Å². The molecule has 1 aromatic heterocycles. The van der Waals surface area contributed by atoms with Gasteiger partial charge >= 0.3 is 0 Å². The largest absolute Gasteiger partial charge is 0.369 e. The van der Waals surface area contributed by atoms with E-state index in [9.17, 15) is 4.79 Å². The van der Waals surface area contributed by atoms with Crippen molar-refractivity contribution >= 4 is 5.91 Å². The lowest BCUT2D eigenvalue weighted by molar-refractivity contribution is -0.123. The maximum absolute atomic E-state index is 11.2. The van der Waals surface area contributed by atoms with Gasteiger partial charge in [0, 0.05) is 24.9 Å². The van der Waals surface area contributed by atoms with Crippen LogP contribution in [0.3, 0.4) is 0 Å². The van der Waals surface area contributed by atoms with E-state index in [-0.39, 0.29) is 11.8 Å². The van der Waals surface area contributed by atoms with Crippen molar-refractivity contribution in [2.24, 2.45) is 11.7 Å². The highest BCUT2D eigenvalue weighted by Crippen LogP contribution is 2.22. The molecule has 1 fully saturated rings. The van der Waals surface area contributed by atoms with Gasteiger partial charge in [0.2, 0.25) is 5.91 Å². The predicted molar refractivity (Wildman–Crippen MR) is 86.9 cm³/mol. The van der Waals surface area contributed by atoms with Gasteiger partial charge in [0.05, 0.1) is 0 Å². The maximum atomic E-state index is 11.2. The van der Waals surface area contributed by atoms with Gasteiger partial charge in [0.15, 0.2) is 0 Å². The van der Waals surface area contributed by atoms with Crippen LogP contribution in [-0.2, 0) is 11.3 Å². The van der Waals surface area contributed by atoms with Crippen molar-refractivity contribution in [3.8, 4) is 11.1 Å². The van der Waals surface area contributed by atoms with E-state index in [1.807, 2.05) is 12.3 Å². The Kier molecular flexibility index (Phi) is 4.49. The minimum Gasteiger partial charge on any atom is -0.369 e. The van der Waals surface area contributed by atoms with Gasteiger partial charge in [0.1, 0.15) is 0 Å². The number of carbonyl (C=O) groups is 1. The Morgan fingerprint density at radius 2 is 1.95 bits per heavy atom. The zero-order chi connectivity index (χ0) is 15.4. The summed E-state index contributed by atoms with van der Waals surface area (Å²) in [5.74, 6) is -0.101. The SMILES string of the molecule is NC(=O)C1CCN(Cc2cccc(-c3cccnc3)c2)CC1. The number of benzene rings is 1. The average molecular weight is 295 g/mol. The third-order valence-corrected chi connectivity index (χ3v) is 4.32. The van der Waals surface area contributed by atoms with E-state index in [4.69, 9.17) is 5.73 Å². The van der Waals surface area contributed by atoms with Crippen LogP contribution in [0.15, 0.2) is 48.8 Å². The number of amides is 1. The molecule has 2 N–H and O–H groups in total. The van der Waals surface area contributed by atoms with Crippen molar-refractivity contribution in [1.82, 2.24) is 9.88 Å². The first-order chi connectivity index (χ1) is 10.7. The topological polar surface area (TPSA) is 59.2 Å². The van der Waals surface area contributed by atoms with Gasteiger partial charge in [-0.3, -0.25) is 14.7 Å². The van der Waals surface area contributed by atoms with Gasteiger partial charge < -0.3 is 5.73 Å². The molecule has 2 heterocycles. The highest BCUT2D eigenvalue weighted by molar-refractivity contribution is 5.76. The van der Waals surface area contributed by atoms with Crippen LogP contribution < -0.4 is 5.73 Å². The monoisotopic (exact) mass is 295 g/mol. The number of aromatic nitrogens is 1. The van der Waals surface area contributed by atoms with Crippen molar-refractivity contribution in [2.45, 2.75) is 19.4 Å². The van der Waals surface area contributed by atoms with Crippen LogP contribution >= 0.6 is 0 Å². The molecule has 0 spiro atoms. The van der Waals surface area contributed by atoms with Crippen LogP contribution in [-0.4, -0.2) is 28.9 Å². The number of likely N-dealkylation sites (tertiary alicyclic amines) is 1. The molecule has 1 saturated heterocycles. The number of carbonyl (C=O) groups excluding carboxylic acids is 1. The van der Waals surface area contributed by atoms with Gasteiger partial charge in [-0.05, 0) is 54.8 Å². The van der Waals surface area contributed by atoms with E-state index in [1.54, 1.807) is 6.20 Å². The van der Waals surface area contributed by atoms with Gasteiger partial charge in [0.25, 0.3) is 0 Å². The van der Waals surface area contributed by atoms with Gasteiger partial charge in [-0.2, -0.15) is 0 Å². The quantitative estimate of drug-likeness (QED) is 0.942. The van der Waals surface area contributed by atoms with Crippen LogP contribution in [0, 0.1) is 5.92 Å². The predicted octanol–water partition coefficient (Wildman–Crippen LogP) is 2.45. The van der Waals surface area contributed by atoms with Crippen LogP contribution in [0.5, 0.6) is 0 Å². The number of nitrogens with two attached hydrogens (primary N) is 1. The number of hydrogen-bond donors (Lipinski definition) is 1. The molecule has 3 rings (SSSR count). The molecule has 4 nitrogen and oxygen atoms in total. The highest BCUT2D eigenvalue weighted by atomic mass is 16.1. The molecule has 2 aromatic rings.